The first kappa shape index (κ1) is 9.52. The van der Waals surface area contributed by atoms with Crippen LogP contribution in [0.3, 0.4) is 0 Å². The third-order valence-corrected chi connectivity index (χ3v) is 2.21. The molecule has 0 spiro atoms. The van der Waals surface area contributed by atoms with Crippen molar-refractivity contribution < 1.29 is 0 Å². The fraction of sp³-hybridized carbons (Fsp3) is 0.0833. The molecule has 0 aliphatic carbocycles. The van der Waals surface area contributed by atoms with Crippen molar-refractivity contribution in [1.82, 2.24) is 4.98 Å². The van der Waals surface area contributed by atoms with E-state index in [0.29, 0.717) is 11.4 Å². The number of aryl methyl sites for hydroxylation is 1. The largest absolute Gasteiger partial charge is 0.399 e. The van der Waals surface area contributed by atoms with Gasteiger partial charge in [-0.3, -0.25) is 4.98 Å². The molecule has 0 bridgehead atoms. The van der Waals surface area contributed by atoms with E-state index in [9.17, 15) is 0 Å². The third-order valence-electron chi connectivity index (χ3n) is 2.21. The van der Waals surface area contributed by atoms with Gasteiger partial charge in [-0.1, -0.05) is 0 Å². The average Bonchev–Trinajstić information content (AvgIpc) is 2.16. The van der Waals surface area contributed by atoms with E-state index in [4.69, 9.17) is 11.5 Å². The van der Waals surface area contributed by atoms with Crippen LogP contribution in [0.2, 0.25) is 0 Å². The fourth-order valence-corrected chi connectivity index (χ4v) is 1.57. The van der Waals surface area contributed by atoms with Crippen LogP contribution in [0, 0.1) is 6.92 Å². The molecule has 15 heavy (non-hydrogen) atoms. The highest BCUT2D eigenvalue weighted by molar-refractivity contribution is 5.72. The molecule has 2 aromatic rings. The molecular formula is C12H13N3. The van der Waals surface area contributed by atoms with E-state index in [1.54, 1.807) is 12.3 Å². The van der Waals surface area contributed by atoms with Gasteiger partial charge in [0, 0.05) is 23.3 Å². The summed E-state index contributed by atoms with van der Waals surface area (Å²) in [5.41, 5.74) is 15.9. The Bertz CT molecular complexity index is 472. The molecule has 76 valence electrons. The normalized spacial score (nSPS) is 10.2. The number of hydrogen-bond acceptors (Lipinski definition) is 3. The van der Waals surface area contributed by atoms with Crippen molar-refractivity contribution in [2.24, 2.45) is 0 Å². The quantitative estimate of drug-likeness (QED) is 0.692. The highest BCUT2D eigenvalue weighted by atomic mass is 14.6. The third kappa shape index (κ3) is 2.07. The zero-order valence-electron chi connectivity index (χ0n) is 8.57. The number of hydrogen-bond donors (Lipinski definition) is 2. The summed E-state index contributed by atoms with van der Waals surface area (Å²) >= 11 is 0. The lowest BCUT2D eigenvalue weighted by Gasteiger charge is -2.05. The molecule has 0 amide bonds. The van der Waals surface area contributed by atoms with E-state index in [1.807, 2.05) is 31.2 Å². The van der Waals surface area contributed by atoms with Gasteiger partial charge in [-0.15, -0.1) is 0 Å². The highest BCUT2D eigenvalue weighted by Crippen LogP contribution is 2.24. The maximum atomic E-state index is 5.74. The molecule has 0 saturated heterocycles. The summed E-state index contributed by atoms with van der Waals surface area (Å²) in [5, 5.41) is 0. The Morgan fingerprint density at radius 1 is 0.933 bits per heavy atom. The smallest absolute Gasteiger partial charge is 0.0378 e. The van der Waals surface area contributed by atoms with Crippen LogP contribution in [-0.2, 0) is 0 Å². The van der Waals surface area contributed by atoms with Gasteiger partial charge in [0.05, 0.1) is 0 Å². The first-order valence-corrected chi connectivity index (χ1v) is 4.74. The summed E-state index contributed by atoms with van der Waals surface area (Å²) in [5.74, 6) is 0. The number of anilines is 2. The van der Waals surface area contributed by atoms with Gasteiger partial charge in [0.15, 0.2) is 0 Å². The number of pyridine rings is 1. The minimum Gasteiger partial charge on any atom is -0.399 e. The zero-order chi connectivity index (χ0) is 10.8. The zero-order valence-corrected chi connectivity index (χ0v) is 8.57. The van der Waals surface area contributed by atoms with Gasteiger partial charge < -0.3 is 11.5 Å². The van der Waals surface area contributed by atoms with Crippen molar-refractivity contribution >= 4 is 11.4 Å². The summed E-state index contributed by atoms with van der Waals surface area (Å²) in [6.45, 7) is 1.96. The lowest BCUT2D eigenvalue weighted by atomic mass is 10.0. The summed E-state index contributed by atoms with van der Waals surface area (Å²) in [7, 11) is 0. The minimum atomic E-state index is 0.680. The Morgan fingerprint density at radius 2 is 1.60 bits per heavy atom. The number of rotatable bonds is 1. The molecule has 1 aromatic carbocycles. The van der Waals surface area contributed by atoms with Crippen molar-refractivity contribution in [3.8, 4) is 11.1 Å². The van der Waals surface area contributed by atoms with Crippen LogP contribution >= 0.6 is 0 Å². The molecular weight excluding hydrogens is 186 g/mol. The predicted octanol–water partition coefficient (Wildman–Crippen LogP) is 2.22. The molecule has 1 aromatic heterocycles. The maximum absolute atomic E-state index is 5.74. The summed E-state index contributed by atoms with van der Waals surface area (Å²) < 4.78 is 0. The molecule has 0 atom stereocenters. The standard InChI is InChI=1S/C12H13N3/c1-8-4-9(2-3-15-8)10-5-11(13)7-12(14)6-10/h2-7H,13-14H2,1H3. The van der Waals surface area contributed by atoms with Crippen LogP contribution in [0.15, 0.2) is 36.5 Å². The second-order valence-electron chi connectivity index (χ2n) is 3.57. The Morgan fingerprint density at radius 3 is 2.20 bits per heavy atom. The summed E-state index contributed by atoms with van der Waals surface area (Å²) in [6.07, 6.45) is 1.78. The van der Waals surface area contributed by atoms with E-state index in [0.717, 1.165) is 16.8 Å². The summed E-state index contributed by atoms with van der Waals surface area (Å²) in [6, 6.07) is 9.52. The molecule has 0 fully saturated rings. The van der Waals surface area contributed by atoms with Crippen molar-refractivity contribution in [1.29, 1.82) is 0 Å². The molecule has 3 heteroatoms. The number of nitrogens with zero attached hydrogens (tertiary/aromatic N) is 1. The number of benzene rings is 1. The second-order valence-corrected chi connectivity index (χ2v) is 3.57. The number of nitrogen functional groups attached to an aromatic ring is 2. The lowest BCUT2D eigenvalue weighted by molar-refractivity contribution is 1.20. The van der Waals surface area contributed by atoms with Gasteiger partial charge in [-0.2, -0.15) is 0 Å². The first-order chi connectivity index (χ1) is 7.15. The van der Waals surface area contributed by atoms with Gasteiger partial charge in [0.25, 0.3) is 0 Å². The predicted molar refractivity (Wildman–Crippen MR) is 63.2 cm³/mol. The van der Waals surface area contributed by atoms with Gasteiger partial charge >= 0.3 is 0 Å². The van der Waals surface area contributed by atoms with Gasteiger partial charge in [-0.25, -0.2) is 0 Å². The first-order valence-electron chi connectivity index (χ1n) is 4.74. The van der Waals surface area contributed by atoms with E-state index in [1.165, 1.54) is 0 Å². The SMILES string of the molecule is Cc1cc(-c2cc(N)cc(N)c2)ccn1. The van der Waals surface area contributed by atoms with Crippen molar-refractivity contribution in [3.05, 3.63) is 42.2 Å². The molecule has 0 unspecified atom stereocenters. The number of nitrogens with two attached hydrogens (primary N) is 2. The van der Waals surface area contributed by atoms with E-state index in [2.05, 4.69) is 4.98 Å². The number of aromatic nitrogens is 1. The van der Waals surface area contributed by atoms with Gasteiger partial charge in [0.2, 0.25) is 0 Å². The molecule has 0 radical (unpaired) electrons. The van der Waals surface area contributed by atoms with E-state index in [-0.39, 0.29) is 0 Å². The Hall–Kier alpha value is -2.03. The molecule has 0 saturated carbocycles. The van der Waals surface area contributed by atoms with E-state index >= 15 is 0 Å². The van der Waals surface area contributed by atoms with Crippen LogP contribution in [0.4, 0.5) is 11.4 Å². The molecule has 4 N–H and O–H groups in total. The average molecular weight is 199 g/mol. The van der Waals surface area contributed by atoms with Crippen LogP contribution in [0.1, 0.15) is 5.69 Å². The molecule has 0 aliphatic rings. The monoisotopic (exact) mass is 199 g/mol. The van der Waals surface area contributed by atoms with Crippen molar-refractivity contribution in [2.75, 3.05) is 11.5 Å². The second kappa shape index (κ2) is 3.61. The van der Waals surface area contributed by atoms with Crippen LogP contribution < -0.4 is 11.5 Å². The van der Waals surface area contributed by atoms with Crippen LogP contribution in [0.5, 0.6) is 0 Å². The maximum Gasteiger partial charge on any atom is 0.0378 e. The minimum absolute atomic E-state index is 0.680. The van der Waals surface area contributed by atoms with Crippen molar-refractivity contribution in [2.45, 2.75) is 6.92 Å². The Labute approximate surface area is 88.8 Å². The van der Waals surface area contributed by atoms with Crippen LogP contribution in [0.25, 0.3) is 11.1 Å². The topological polar surface area (TPSA) is 64.9 Å². The Balaban J connectivity index is 2.54. The highest BCUT2D eigenvalue weighted by Gasteiger charge is 2.00. The van der Waals surface area contributed by atoms with Crippen molar-refractivity contribution in [3.63, 3.8) is 0 Å². The fourth-order valence-electron chi connectivity index (χ4n) is 1.57. The molecule has 1 heterocycles. The van der Waals surface area contributed by atoms with Crippen LogP contribution in [-0.4, -0.2) is 4.98 Å². The molecule has 0 aliphatic heterocycles. The van der Waals surface area contributed by atoms with Gasteiger partial charge in [-0.05, 0) is 48.4 Å². The van der Waals surface area contributed by atoms with Gasteiger partial charge in [0.1, 0.15) is 0 Å². The van der Waals surface area contributed by atoms with E-state index < -0.39 is 0 Å². The molecule has 3 nitrogen and oxygen atoms in total. The lowest BCUT2D eigenvalue weighted by Crippen LogP contribution is -1.91. The summed E-state index contributed by atoms with van der Waals surface area (Å²) in [4.78, 5) is 4.15. The Kier molecular flexibility index (Phi) is 2.29. The molecule has 2 rings (SSSR count).